The van der Waals surface area contributed by atoms with Crippen LogP contribution in [0.15, 0.2) is 40.9 Å². The molecule has 0 saturated heterocycles. The number of aliphatic hydroxyl groups is 1. The lowest BCUT2D eigenvalue weighted by molar-refractivity contribution is 0.172. The molecule has 5 rings (SSSR count). The first-order valence-electron chi connectivity index (χ1n) is 8.27. The summed E-state index contributed by atoms with van der Waals surface area (Å²) in [7, 11) is 0. The number of benzene rings is 2. The fourth-order valence-electron chi connectivity index (χ4n) is 3.97. The van der Waals surface area contributed by atoms with Crippen molar-refractivity contribution in [2.45, 2.75) is 37.3 Å². The van der Waals surface area contributed by atoms with E-state index in [0.29, 0.717) is 17.4 Å². The third kappa shape index (κ3) is 2.17. The third-order valence-corrected chi connectivity index (χ3v) is 6.10. The van der Waals surface area contributed by atoms with Gasteiger partial charge in [-0.3, -0.25) is 0 Å². The molecule has 1 N–H and O–H groups in total. The molecule has 1 fully saturated rings. The SMILES string of the molecule is OC1C[C@H](c2c(Br)cccc2C2CC2)n2c1nc1ccc(Cl)cc12. The fraction of sp³-hybridized carbons (Fsp3) is 0.316. The Kier molecular flexibility index (Phi) is 3.31. The largest absolute Gasteiger partial charge is 0.385 e. The van der Waals surface area contributed by atoms with Gasteiger partial charge in [0, 0.05) is 15.9 Å². The Morgan fingerprint density at radius 3 is 2.83 bits per heavy atom. The molecule has 3 aromatic rings. The lowest BCUT2D eigenvalue weighted by Crippen LogP contribution is -2.09. The molecule has 5 heteroatoms. The van der Waals surface area contributed by atoms with Crippen molar-refractivity contribution in [3.05, 3.63) is 62.8 Å². The quantitative estimate of drug-likeness (QED) is 0.626. The third-order valence-electron chi connectivity index (χ3n) is 5.17. The van der Waals surface area contributed by atoms with E-state index >= 15 is 0 Å². The maximum absolute atomic E-state index is 10.6. The summed E-state index contributed by atoms with van der Waals surface area (Å²) in [6.07, 6.45) is 2.62. The summed E-state index contributed by atoms with van der Waals surface area (Å²) in [4.78, 5) is 4.65. The first kappa shape index (κ1) is 14.9. The minimum Gasteiger partial charge on any atom is -0.385 e. The van der Waals surface area contributed by atoms with Gasteiger partial charge in [0.2, 0.25) is 0 Å². The van der Waals surface area contributed by atoms with Gasteiger partial charge in [0.1, 0.15) is 11.9 Å². The molecule has 1 aliphatic carbocycles. The zero-order valence-electron chi connectivity index (χ0n) is 12.9. The first-order chi connectivity index (χ1) is 11.6. The molecule has 1 aromatic heterocycles. The van der Waals surface area contributed by atoms with E-state index in [4.69, 9.17) is 11.6 Å². The Bertz CT molecular complexity index is 963. The number of imidazole rings is 1. The van der Waals surface area contributed by atoms with Crippen LogP contribution in [0.4, 0.5) is 0 Å². The second kappa shape index (κ2) is 5.32. The Morgan fingerprint density at radius 2 is 2.04 bits per heavy atom. The van der Waals surface area contributed by atoms with Gasteiger partial charge in [-0.25, -0.2) is 4.98 Å². The summed E-state index contributed by atoms with van der Waals surface area (Å²) in [5, 5.41) is 11.3. The smallest absolute Gasteiger partial charge is 0.139 e. The van der Waals surface area contributed by atoms with Gasteiger partial charge >= 0.3 is 0 Å². The molecule has 2 atom stereocenters. The Morgan fingerprint density at radius 1 is 1.21 bits per heavy atom. The van der Waals surface area contributed by atoms with E-state index in [-0.39, 0.29) is 6.04 Å². The van der Waals surface area contributed by atoms with E-state index in [9.17, 15) is 5.11 Å². The van der Waals surface area contributed by atoms with Crippen molar-refractivity contribution in [2.75, 3.05) is 0 Å². The zero-order valence-corrected chi connectivity index (χ0v) is 15.3. The van der Waals surface area contributed by atoms with Crippen LogP contribution in [-0.2, 0) is 0 Å². The second-order valence-corrected chi connectivity index (χ2v) is 8.05. The van der Waals surface area contributed by atoms with Gasteiger partial charge in [0.25, 0.3) is 0 Å². The fourth-order valence-corrected chi connectivity index (χ4v) is 4.78. The van der Waals surface area contributed by atoms with Crippen molar-refractivity contribution >= 4 is 38.6 Å². The van der Waals surface area contributed by atoms with Crippen LogP contribution in [-0.4, -0.2) is 14.7 Å². The van der Waals surface area contributed by atoms with Crippen molar-refractivity contribution in [3.8, 4) is 0 Å². The number of aromatic nitrogens is 2. The Labute approximate surface area is 153 Å². The molecular formula is C19H16BrClN2O. The van der Waals surface area contributed by atoms with Gasteiger partial charge in [-0.2, -0.15) is 0 Å². The van der Waals surface area contributed by atoms with Crippen molar-refractivity contribution < 1.29 is 5.11 Å². The molecule has 0 bridgehead atoms. The number of halogens is 2. The molecular weight excluding hydrogens is 388 g/mol. The lowest BCUT2D eigenvalue weighted by Gasteiger charge is -2.20. The Hall–Kier alpha value is -1.36. The van der Waals surface area contributed by atoms with E-state index in [1.54, 1.807) is 0 Å². The average molecular weight is 404 g/mol. The summed E-state index contributed by atoms with van der Waals surface area (Å²) in [5.41, 5.74) is 4.57. The number of fused-ring (bicyclic) bond motifs is 3. The molecule has 0 spiro atoms. The summed E-state index contributed by atoms with van der Waals surface area (Å²) in [6.45, 7) is 0. The van der Waals surface area contributed by atoms with Crippen LogP contribution in [0.25, 0.3) is 11.0 Å². The molecule has 2 aliphatic rings. The molecule has 3 nitrogen and oxygen atoms in total. The van der Waals surface area contributed by atoms with E-state index in [1.165, 1.54) is 24.0 Å². The normalized spacial score (nSPS) is 23.0. The highest BCUT2D eigenvalue weighted by Crippen LogP contribution is 2.50. The lowest BCUT2D eigenvalue weighted by atomic mass is 9.95. The van der Waals surface area contributed by atoms with Crippen molar-refractivity contribution in [1.29, 1.82) is 0 Å². The number of rotatable bonds is 2. The summed E-state index contributed by atoms with van der Waals surface area (Å²) in [5.74, 6) is 1.40. The predicted molar refractivity (Wildman–Crippen MR) is 98.6 cm³/mol. The van der Waals surface area contributed by atoms with Gasteiger partial charge in [-0.1, -0.05) is 39.7 Å². The number of nitrogens with zero attached hydrogens (tertiary/aromatic N) is 2. The molecule has 0 radical (unpaired) electrons. The topological polar surface area (TPSA) is 38.0 Å². The van der Waals surface area contributed by atoms with Gasteiger partial charge < -0.3 is 9.67 Å². The summed E-state index contributed by atoms with van der Waals surface area (Å²) in [6, 6.07) is 12.2. The summed E-state index contributed by atoms with van der Waals surface area (Å²) >= 11 is 9.97. The molecule has 122 valence electrons. The summed E-state index contributed by atoms with van der Waals surface area (Å²) < 4.78 is 3.29. The minimum atomic E-state index is -0.541. The van der Waals surface area contributed by atoms with Gasteiger partial charge in [-0.15, -0.1) is 0 Å². The molecule has 1 saturated carbocycles. The van der Waals surface area contributed by atoms with Crippen LogP contribution in [0.2, 0.25) is 5.02 Å². The predicted octanol–water partition coefficient (Wildman–Crippen LogP) is 5.36. The molecule has 1 aliphatic heterocycles. The maximum atomic E-state index is 10.6. The van der Waals surface area contributed by atoms with E-state index in [2.05, 4.69) is 43.7 Å². The number of hydrogen-bond acceptors (Lipinski definition) is 2. The second-order valence-electron chi connectivity index (χ2n) is 6.76. The van der Waals surface area contributed by atoms with Crippen molar-refractivity contribution in [3.63, 3.8) is 0 Å². The molecule has 24 heavy (non-hydrogen) atoms. The van der Waals surface area contributed by atoms with Crippen LogP contribution in [0.5, 0.6) is 0 Å². The number of hydrogen-bond donors (Lipinski definition) is 1. The maximum Gasteiger partial charge on any atom is 0.139 e. The monoisotopic (exact) mass is 402 g/mol. The standard InChI is InChI=1S/C19H16BrClN2O/c20-13-3-1-2-12(10-4-5-10)18(13)16-9-17(24)19-22-14-7-6-11(21)8-15(14)23(16)19/h1-3,6-8,10,16-17,24H,4-5,9H2/t16-,17?/m1/s1. The van der Waals surface area contributed by atoms with E-state index < -0.39 is 6.10 Å². The van der Waals surface area contributed by atoms with Crippen molar-refractivity contribution in [1.82, 2.24) is 9.55 Å². The highest BCUT2D eigenvalue weighted by atomic mass is 79.9. The number of aliphatic hydroxyl groups excluding tert-OH is 1. The molecule has 2 aromatic carbocycles. The van der Waals surface area contributed by atoms with Crippen LogP contribution in [0.3, 0.4) is 0 Å². The van der Waals surface area contributed by atoms with E-state index in [1.807, 2.05) is 18.2 Å². The molecule has 1 unspecified atom stereocenters. The van der Waals surface area contributed by atoms with Gasteiger partial charge in [-0.05, 0) is 54.2 Å². The van der Waals surface area contributed by atoms with Crippen LogP contribution in [0.1, 0.15) is 54.3 Å². The first-order valence-corrected chi connectivity index (χ1v) is 9.44. The highest BCUT2D eigenvalue weighted by molar-refractivity contribution is 9.10. The average Bonchev–Trinajstić information content (AvgIpc) is 3.27. The highest BCUT2D eigenvalue weighted by Gasteiger charge is 2.38. The van der Waals surface area contributed by atoms with E-state index in [0.717, 1.165) is 21.3 Å². The Balaban J connectivity index is 1.76. The van der Waals surface area contributed by atoms with Crippen LogP contribution in [0, 0.1) is 0 Å². The van der Waals surface area contributed by atoms with Crippen molar-refractivity contribution in [2.24, 2.45) is 0 Å². The van der Waals surface area contributed by atoms with Gasteiger partial charge in [0.05, 0.1) is 17.1 Å². The van der Waals surface area contributed by atoms with Gasteiger partial charge in [0.15, 0.2) is 0 Å². The zero-order chi connectivity index (χ0) is 16.4. The molecule has 0 amide bonds. The van der Waals surface area contributed by atoms with Crippen LogP contribution >= 0.6 is 27.5 Å². The minimum absolute atomic E-state index is 0.0876. The van der Waals surface area contributed by atoms with Crippen LogP contribution < -0.4 is 0 Å². The molecule has 2 heterocycles.